The number of nitrogens with zero attached hydrogens (tertiary/aromatic N) is 2. The van der Waals surface area contributed by atoms with E-state index in [9.17, 15) is 9.59 Å². The number of ether oxygens (including phenoxy) is 1. The second-order valence-corrected chi connectivity index (χ2v) is 5.30. The second-order valence-electron chi connectivity index (χ2n) is 5.30. The van der Waals surface area contributed by atoms with Gasteiger partial charge in [0.05, 0.1) is 24.7 Å². The number of hydrogen-bond acceptors (Lipinski definition) is 5. The van der Waals surface area contributed by atoms with Crippen molar-refractivity contribution in [3.8, 4) is 5.75 Å². The number of benzene rings is 1. The third-order valence-electron chi connectivity index (χ3n) is 3.41. The van der Waals surface area contributed by atoms with Gasteiger partial charge in [-0.15, -0.1) is 0 Å². The highest BCUT2D eigenvalue weighted by molar-refractivity contribution is 6.03. The van der Waals surface area contributed by atoms with Crippen molar-refractivity contribution < 1.29 is 19.4 Å². The summed E-state index contributed by atoms with van der Waals surface area (Å²) in [5, 5.41) is 11.5. The first kappa shape index (κ1) is 15.0. The van der Waals surface area contributed by atoms with E-state index in [4.69, 9.17) is 9.84 Å². The summed E-state index contributed by atoms with van der Waals surface area (Å²) in [5.74, 6) is -0.462. The number of carboxylic acid groups (broad SMARTS) is 1. The molecule has 1 amide bonds. The fraction of sp³-hybridized carbons (Fsp3) is 0.250. The van der Waals surface area contributed by atoms with Crippen LogP contribution in [0.2, 0.25) is 0 Å². The quantitative estimate of drug-likeness (QED) is 0.848. The zero-order valence-corrected chi connectivity index (χ0v) is 12.2. The van der Waals surface area contributed by atoms with Gasteiger partial charge < -0.3 is 15.2 Å². The molecule has 0 spiro atoms. The van der Waals surface area contributed by atoms with Crippen LogP contribution in [0, 0.1) is 5.92 Å². The van der Waals surface area contributed by atoms with Crippen LogP contribution in [0.25, 0.3) is 0 Å². The number of rotatable bonds is 6. The number of aromatic nitrogens is 2. The van der Waals surface area contributed by atoms with Gasteiger partial charge in [-0.05, 0) is 30.9 Å². The van der Waals surface area contributed by atoms with Gasteiger partial charge >= 0.3 is 5.97 Å². The maximum atomic E-state index is 12.2. The van der Waals surface area contributed by atoms with E-state index in [-0.39, 0.29) is 11.4 Å². The van der Waals surface area contributed by atoms with Gasteiger partial charge in [0.2, 0.25) is 0 Å². The largest absolute Gasteiger partial charge is 0.491 e. The van der Waals surface area contributed by atoms with Gasteiger partial charge in [0, 0.05) is 0 Å². The topological polar surface area (TPSA) is 101 Å². The van der Waals surface area contributed by atoms with Crippen molar-refractivity contribution in [2.75, 3.05) is 11.9 Å². The highest BCUT2D eigenvalue weighted by Gasteiger charge is 2.22. The van der Waals surface area contributed by atoms with Crippen molar-refractivity contribution in [1.82, 2.24) is 9.97 Å². The van der Waals surface area contributed by atoms with Gasteiger partial charge in [0.25, 0.3) is 5.91 Å². The summed E-state index contributed by atoms with van der Waals surface area (Å²) in [5.41, 5.74) is 0.365. The highest BCUT2D eigenvalue weighted by atomic mass is 16.5. The van der Waals surface area contributed by atoms with Crippen LogP contribution in [0.4, 0.5) is 5.69 Å². The van der Waals surface area contributed by atoms with Crippen LogP contribution in [0.3, 0.4) is 0 Å². The molecule has 7 nitrogen and oxygen atoms in total. The SMILES string of the molecule is O=C(O)c1cnc(C(=O)Nc2ccccc2OCC2CC2)cn1. The molecule has 3 rings (SSSR count). The summed E-state index contributed by atoms with van der Waals surface area (Å²) < 4.78 is 5.72. The molecule has 0 bridgehead atoms. The molecule has 0 saturated heterocycles. The number of carboxylic acids is 1. The van der Waals surface area contributed by atoms with Gasteiger partial charge in [0.1, 0.15) is 11.4 Å². The van der Waals surface area contributed by atoms with Crippen LogP contribution in [0.1, 0.15) is 33.8 Å². The zero-order chi connectivity index (χ0) is 16.2. The Labute approximate surface area is 132 Å². The standard InChI is InChI=1S/C16H15N3O4/c20-15(12-7-18-13(8-17-12)16(21)22)19-11-3-1-2-4-14(11)23-9-10-5-6-10/h1-4,7-8,10H,5-6,9H2,(H,19,20)(H,21,22). The molecule has 1 aromatic carbocycles. The molecule has 0 radical (unpaired) electrons. The molecule has 2 aromatic rings. The van der Waals surface area contributed by atoms with Gasteiger partial charge in [-0.3, -0.25) is 4.79 Å². The number of carbonyl (C=O) groups excluding carboxylic acids is 1. The Morgan fingerprint density at radius 3 is 2.52 bits per heavy atom. The van der Waals surface area contributed by atoms with Crippen molar-refractivity contribution in [3.63, 3.8) is 0 Å². The number of aromatic carboxylic acids is 1. The van der Waals surface area contributed by atoms with E-state index in [1.54, 1.807) is 18.2 Å². The number of para-hydroxylation sites is 2. The number of amides is 1. The van der Waals surface area contributed by atoms with E-state index in [1.165, 1.54) is 12.8 Å². The molecule has 1 aliphatic carbocycles. The maximum absolute atomic E-state index is 12.2. The minimum atomic E-state index is -1.19. The summed E-state index contributed by atoms with van der Waals surface area (Å²) in [6.45, 7) is 0.639. The molecule has 7 heteroatoms. The molecular weight excluding hydrogens is 298 g/mol. The van der Waals surface area contributed by atoms with Gasteiger partial charge in [-0.25, -0.2) is 14.8 Å². The van der Waals surface area contributed by atoms with Gasteiger partial charge in [-0.2, -0.15) is 0 Å². The highest BCUT2D eigenvalue weighted by Crippen LogP contribution is 2.31. The fourth-order valence-electron chi connectivity index (χ4n) is 1.93. The molecule has 1 aromatic heterocycles. The van der Waals surface area contributed by atoms with E-state index in [0.717, 1.165) is 12.4 Å². The lowest BCUT2D eigenvalue weighted by molar-refractivity contribution is 0.0689. The van der Waals surface area contributed by atoms with Crippen molar-refractivity contribution in [2.24, 2.45) is 5.92 Å². The molecule has 0 atom stereocenters. The second kappa shape index (κ2) is 6.43. The molecule has 1 aliphatic rings. The minimum absolute atomic E-state index is 0.0343. The van der Waals surface area contributed by atoms with Crippen LogP contribution >= 0.6 is 0 Å². The van der Waals surface area contributed by atoms with Gasteiger partial charge in [-0.1, -0.05) is 12.1 Å². The number of anilines is 1. The summed E-state index contributed by atoms with van der Waals surface area (Å²) >= 11 is 0. The fourth-order valence-corrected chi connectivity index (χ4v) is 1.93. The van der Waals surface area contributed by atoms with Crippen molar-refractivity contribution >= 4 is 17.6 Å². The van der Waals surface area contributed by atoms with E-state index < -0.39 is 11.9 Å². The van der Waals surface area contributed by atoms with Crippen molar-refractivity contribution in [2.45, 2.75) is 12.8 Å². The normalized spacial score (nSPS) is 13.4. The molecule has 1 heterocycles. The van der Waals surface area contributed by atoms with E-state index in [1.807, 2.05) is 6.07 Å². The predicted octanol–water partition coefficient (Wildman–Crippen LogP) is 2.22. The minimum Gasteiger partial charge on any atom is -0.491 e. The Morgan fingerprint density at radius 2 is 1.87 bits per heavy atom. The average molecular weight is 313 g/mol. The monoisotopic (exact) mass is 313 g/mol. The summed E-state index contributed by atoms with van der Waals surface area (Å²) in [4.78, 5) is 30.4. The molecule has 118 valence electrons. The first-order chi connectivity index (χ1) is 11.1. The van der Waals surface area contributed by atoms with E-state index in [2.05, 4.69) is 15.3 Å². The summed E-state index contributed by atoms with van der Waals surface area (Å²) in [6, 6.07) is 7.15. The molecule has 0 aliphatic heterocycles. The van der Waals surface area contributed by atoms with Gasteiger partial charge in [0.15, 0.2) is 5.69 Å². The third-order valence-corrected chi connectivity index (χ3v) is 3.41. The Kier molecular flexibility index (Phi) is 4.18. The number of nitrogens with one attached hydrogen (secondary N) is 1. The zero-order valence-electron chi connectivity index (χ0n) is 12.2. The lowest BCUT2D eigenvalue weighted by Crippen LogP contribution is -2.16. The lowest BCUT2D eigenvalue weighted by Gasteiger charge is -2.11. The average Bonchev–Trinajstić information content (AvgIpc) is 3.38. The summed E-state index contributed by atoms with van der Waals surface area (Å²) in [7, 11) is 0. The van der Waals surface area contributed by atoms with Crippen LogP contribution in [-0.4, -0.2) is 33.6 Å². The smallest absolute Gasteiger partial charge is 0.356 e. The molecule has 1 saturated carbocycles. The maximum Gasteiger partial charge on any atom is 0.356 e. The third kappa shape index (κ3) is 3.82. The molecule has 1 fully saturated rings. The molecule has 23 heavy (non-hydrogen) atoms. The van der Waals surface area contributed by atoms with Crippen LogP contribution in [-0.2, 0) is 0 Å². The Balaban J connectivity index is 1.70. The summed E-state index contributed by atoms with van der Waals surface area (Å²) in [6.07, 6.45) is 4.54. The van der Waals surface area contributed by atoms with Crippen LogP contribution in [0.15, 0.2) is 36.7 Å². The predicted molar refractivity (Wildman–Crippen MR) is 81.6 cm³/mol. The molecule has 2 N–H and O–H groups in total. The van der Waals surface area contributed by atoms with E-state index >= 15 is 0 Å². The Bertz CT molecular complexity index is 726. The first-order valence-corrected chi connectivity index (χ1v) is 7.22. The number of hydrogen-bond donors (Lipinski definition) is 2. The molecule has 0 unspecified atom stereocenters. The first-order valence-electron chi connectivity index (χ1n) is 7.22. The van der Waals surface area contributed by atoms with Crippen molar-refractivity contribution in [3.05, 3.63) is 48.0 Å². The molecular formula is C16H15N3O4. The number of carbonyl (C=O) groups is 2. The Morgan fingerprint density at radius 1 is 1.17 bits per heavy atom. The van der Waals surface area contributed by atoms with Crippen LogP contribution in [0.5, 0.6) is 5.75 Å². The lowest BCUT2D eigenvalue weighted by atomic mass is 10.2. The van der Waals surface area contributed by atoms with E-state index in [0.29, 0.717) is 24.0 Å². The van der Waals surface area contributed by atoms with Crippen LogP contribution < -0.4 is 10.1 Å². The Hall–Kier alpha value is -2.96. The van der Waals surface area contributed by atoms with Crippen molar-refractivity contribution in [1.29, 1.82) is 0 Å².